The zero-order chi connectivity index (χ0) is 28.8. The number of ketones is 1. The Kier molecular flexibility index (Phi) is 8.29. The number of carboxylic acids is 1. The van der Waals surface area contributed by atoms with Crippen molar-refractivity contribution in [2.45, 2.75) is 13.5 Å². The van der Waals surface area contributed by atoms with Crippen LogP contribution in [0.25, 0.3) is 28.3 Å². The molecular weight excluding hydrogens is 519 g/mol. The molecule has 4 aromatic rings. The molecule has 4 rings (SSSR count). The van der Waals surface area contributed by atoms with Crippen LogP contribution in [-0.4, -0.2) is 44.1 Å². The van der Waals surface area contributed by atoms with Gasteiger partial charge in [-0.1, -0.05) is 54.6 Å². The molecule has 0 radical (unpaired) electrons. The van der Waals surface area contributed by atoms with Crippen LogP contribution in [0, 0.1) is 5.82 Å². The van der Waals surface area contributed by atoms with Gasteiger partial charge in [-0.3, -0.25) is 9.36 Å². The molecule has 0 fully saturated rings. The summed E-state index contributed by atoms with van der Waals surface area (Å²) < 4.78 is 20.3. The number of aliphatic hydroxyl groups is 1. The molecular formula is C30H23FN2O7. The second-order valence-corrected chi connectivity index (χ2v) is 8.54. The van der Waals surface area contributed by atoms with Gasteiger partial charge in [-0.15, -0.1) is 0 Å². The standard InChI is InChI=1S/C30H23FN2O7/c1-2-40-29(38)25-26(20-12-14-22(31)15-13-20)32-30(39)33(27(25)21-6-4-3-5-7-21)17-18-8-10-19(11-9-18)23(34)16-24(35)28(36)37/h3-16,34H,2,17H2,1H3,(H,36,37)/b23-16-. The van der Waals surface area contributed by atoms with Crippen molar-refractivity contribution in [1.82, 2.24) is 9.55 Å². The fourth-order valence-electron chi connectivity index (χ4n) is 4.04. The molecule has 202 valence electrons. The number of carbonyl (C=O) groups excluding carboxylic acids is 2. The molecule has 0 aliphatic rings. The molecule has 40 heavy (non-hydrogen) atoms. The van der Waals surface area contributed by atoms with Crippen molar-refractivity contribution in [2.75, 3.05) is 6.61 Å². The highest BCUT2D eigenvalue weighted by atomic mass is 19.1. The lowest BCUT2D eigenvalue weighted by atomic mass is 9.99. The number of aromatic nitrogens is 2. The fourth-order valence-corrected chi connectivity index (χ4v) is 4.04. The minimum atomic E-state index is -1.70. The number of aliphatic carboxylic acids is 1. The zero-order valence-corrected chi connectivity index (χ0v) is 21.2. The highest BCUT2D eigenvalue weighted by Gasteiger charge is 2.26. The molecule has 10 heteroatoms. The summed E-state index contributed by atoms with van der Waals surface area (Å²) in [5, 5.41) is 18.8. The van der Waals surface area contributed by atoms with Crippen LogP contribution < -0.4 is 5.69 Å². The van der Waals surface area contributed by atoms with E-state index in [2.05, 4.69) is 4.98 Å². The van der Waals surface area contributed by atoms with Crippen molar-refractivity contribution in [2.24, 2.45) is 0 Å². The van der Waals surface area contributed by atoms with E-state index in [-0.39, 0.29) is 35.7 Å². The van der Waals surface area contributed by atoms with Crippen LogP contribution >= 0.6 is 0 Å². The number of rotatable bonds is 9. The lowest BCUT2D eigenvalue weighted by Gasteiger charge is -2.19. The predicted molar refractivity (Wildman–Crippen MR) is 144 cm³/mol. The second-order valence-electron chi connectivity index (χ2n) is 8.54. The van der Waals surface area contributed by atoms with Gasteiger partial charge in [0.05, 0.1) is 24.5 Å². The van der Waals surface area contributed by atoms with Crippen molar-refractivity contribution >= 4 is 23.5 Å². The van der Waals surface area contributed by atoms with Gasteiger partial charge in [-0.2, -0.15) is 4.98 Å². The summed E-state index contributed by atoms with van der Waals surface area (Å²) in [7, 11) is 0. The van der Waals surface area contributed by atoms with Crippen LogP contribution in [0.4, 0.5) is 4.39 Å². The summed E-state index contributed by atoms with van der Waals surface area (Å²) in [6.07, 6.45) is 0.596. The van der Waals surface area contributed by atoms with Gasteiger partial charge in [0, 0.05) is 17.2 Å². The van der Waals surface area contributed by atoms with Crippen LogP contribution in [0.3, 0.4) is 0 Å². The SMILES string of the molecule is CCOC(=O)c1c(-c2ccc(F)cc2)nc(=O)n(Cc2ccc(/C(O)=C/C(=O)C(=O)O)cc2)c1-c1ccccc1. The van der Waals surface area contributed by atoms with Crippen LogP contribution in [0.15, 0.2) is 89.7 Å². The maximum absolute atomic E-state index is 13.6. The third kappa shape index (κ3) is 6.02. The van der Waals surface area contributed by atoms with Crippen molar-refractivity contribution in [3.05, 3.63) is 118 Å². The monoisotopic (exact) mass is 542 g/mol. The second kappa shape index (κ2) is 12.0. The molecule has 0 spiro atoms. The summed E-state index contributed by atoms with van der Waals surface area (Å²) in [5.74, 6) is -4.72. The van der Waals surface area contributed by atoms with Gasteiger partial charge in [-0.25, -0.2) is 18.8 Å². The van der Waals surface area contributed by atoms with Crippen LogP contribution in [0.2, 0.25) is 0 Å². The Balaban J connectivity index is 1.88. The first-order valence-corrected chi connectivity index (χ1v) is 12.1. The van der Waals surface area contributed by atoms with Crippen LogP contribution in [0.1, 0.15) is 28.4 Å². The third-order valence-electron chi connectivity index (χ3n) is 5.90. The number of ether oxygens (including phenoxy) is 1. The van der Waals surface area contributed by atoms with Gasteiger partial charge in [0.15, 0.2) is 0 Å². The van der Waals surface area contributed by atoms with E-state index in [0.29, 0.717) is 22.8 Å². The Hall–Kier alpha value is -5.38. The van der Waals surface area contributed by atoms with Gasteiger partial charge in [0.2, 0.25) is 0 Å². The number of carbonyl (C=O) groups is 3. The van der Waals surface area contributed by atoms with Gasteiger partial charge in [0.25, 0.3) is 5.78 Å². The lowest BCUT2D eigenvalue weighted by molar-refractivity contribution is -0.146. The smallest absolute Gasteiger partial charge is 0.376 e. The third-order valence-corrected chi connectivity index (χ3v) is 5.90. The molecule has 0 unspecified atom stereocenters. The Morgan fingerprint density at radius 1 is 0.925 bits per heavy atom. The highest BCUT2D eigenvalue weighted by molar-refractivity contribution is 6.38. The summed E-state index contributed by atoms with van der Waals surface area (Å²) in [6, 6.07) is 20.1. The minimum Gasteiger partial charge on any atom is -0.507 e. The van der Waals surface area contributed by atoms with Gasteiger partial charge >= 0.3 is 17.6 Å². The Labute approximate surface area is 227 Å². The molecule has 0 amide bonds. The Morgan fingerprint density at radius 3 is 2.17 bits per heavy atom. The van der Waals surface area contributed by atoms with E-state index in [9.17, 15) is 28.7 Å². The minimum absolute atomic E-state index is 0.0311. The van der Waals surface area contributed by atoms with E-state index >= 15 is 0 Å². The number of benzene rings is 3. The number of nitrogens with zero attached hydrogens (tertiary/aromatic N) is 2. The molecule has 0 aliphatic heterocycles. The normalized spacial score (nSPS) is 11.2. The first-order valence-electron chi connectivity index (χ1n) is 12.1. The number of carboxylic acid groups (broad SMARTS) is 1. The van der Waals surface area contributed by atoms with Crippen LogP contribution in [0.5, 0.6) is 0 Å². The summed E-state index contributed by atoms with van der Waals surface area (Å²) in [5.41, 5.74) is 1.31. The van der Waals surface area contributed by atoms with Crippen LogP contribution in [-0.2, 0) is 20.9 Å². The summed E-state index contributed by atoms with van der Waals surface area (Å²) in [4.78, 5) is 53.1. The molecule has 9 nitrogen and oxygen atoms in total. The van der Waals surface area contributed by atoms with E-state index in [1.807, 2.05) is 0 Å². The quantitative estimate of drug-likeness (QED) is 0.137. The highest BCUT2D eigenvalue weighted by Crippen LogP contribution is 2.31. The lowest BCUT2D eigenvalue weighted by Crippen LogP contribution is -2.29. The first-order chi connectivity index (χ1) is 19.2. The van der Waals surface area contributed by atoms with Crippen molar-refractivity contribution in [3.8, 4) is 22.5 Å². The van der Waals surface area contributed by atoms with Crippen molar-refractivity contribution in [3.63, 3.8) is 0 Å². The van der Waals surface area contributed by atoms with E-state index < -0.39 is 35.0 Å². The molecule has 1 heterocycles. The molecule has 0 aliphatic carbocycles. The summed E-state index contributed by atoms with van der Waals surface area (Å²) >= 11 is 0. The molecule has 0 bridgehead atoms. The number of hydrogen-bond acceptors (Lipinski definition) is 7. The molecule has 3 aromatic carbocycles. The number of esters is 1. The molecule has 2 N–H and O–H groups in total. The number of hydrogen-bond donors (Lipinski definition) is 2. The molecule has 0 saturated carbocycles. The first kappa shape index (κ1) is 27.6. The van der Waals surface area contributed by atoms with Crippen molar-refractivity contribution in [1.29, 1.82) is 0 Å². The maximum atomic E-state index is 13.6. The average Bonchev–Trinajstić information content (AvgIpc) is 2.95. The van der Waals surface area contributed by atoms with E-state index in [1.165, 1.54) is 41.0 Å². The number of halogens is 1. The Morgan fingerprint density at radius 2 is 1.57 bits per heavy atom. The maximum Gasteiger partial charge on any atom is 0.376 e. The molecule has 0 atom stereocenters. The van der Waals surface area contributed by atoms with E-state index in [4.69, 9.17) is 9.84 Å². The van der Waals surface area contributed by atoms with Gasteiger partial charge in [-0.05, 0) is 42.3 Å². The Bertz CT molecular complexity index is 1660. The summed E-state index contributed by atoms with van der Waals surface area (Å²) in [6.45, 7) is 1.68. The van der Waals surface area contributed by atoms with E-state index in [0.717, 1.165) is 0 Å². The molecule has 0 saturated heterocycles. The molecule has 1 aromatic heterocycles. The average molecular weight is 543 g/mol. The topological polar surface area (TPSA) is 136 Å². The van der Waals surface area contributed by atoms with Gasteiger partial charge < -0.3 is 14.9 Å². The van der Waals surface area contributed by atoms with E-state index in [1.54, 1.807) is 49.4 Å². The number of aliphatic hydroxyl groups excluding tert-OH is 1. The van der Waals surface area contributed by atoms with Crippen molar-refractivity contribution < 1.29 is 33.7 Å². The largest absolute Gasteiger partial charge is 0.507 e. The fraction of sp³-hybridized carbons (Fsp3) is 0.100. The zero-order valence-electron chi connectivity index (χ0n) is 21.2. The van der Waals surface area contributed by atoms with Gasteiger partial charge in [0.1, 0.15) is 17.1 Å². The predicted octanol–water partition coefficient (Wildman–Crippen LogP) is 4.49.